The van der Waals surface area contributed by atoms with Gasteiger partial charge in [0.25, 0.3) is 0 Å². The van der Waals surface area contributed by atoms with Gasteiger partial charge in [0.1, 0.15) is 36.4 Å². The van der Waals surface area contributed by atoms with Gasteiger partial charge >= 0.3 is 0 Å². The molecule has 9 nitrogen and oxygen atoms in total. The van der Waals surface area contributed by atoms with E-state index in [1.54, 1.807) is 6.92 Å². The molecule has 1 N–H and O–H groups in total. The molecule has 0 spiro atoms. The van der Waals surface area contributed by atoms with Crippen molar-refractivity contribution in [1.29, 1.82) is 0 Å². The Balaban J connectivity index is 0.000000183. The fourth-order valence-corrected chi connectivity index (χ4v) is 10.2. The van der Waals surface area contributed by atoms with E-state index >= 15 is 0 Å². The third-order valence-corrected chi connectivity index (χ3v) is 14.1. The molecule has 0 saturated heterocycles. The minimum atomic E-state index is -2.11. The molecule has 1 atom stereocenters. The maximum Gasteiger partial charge on any atom is 0.159 e. The van der Waals surface area contributed by atoms with Crippen LogP contribution in [0.2, 0.25) is 0 Å². The Bertz CT molecular complexity index is 2960. The molecule has 10 rings (SSSR count). The number of nitrogens with zero attached hydrogens (tertiary/aromatic N) is 4. The maximum absolute atomic E-state index is 12.2. The Kier molecular flexibility index (Phi) is 15.4. The third-order valence-electron chi connectivity index (χ3n) is 13.2. The number of carbonyl (C=O) groups is 1. The van der Waals surface area contributed by atoms with E-state index in [1.165, 1.54) is 62.4 Å². The van der Waals surface area contributed by atoms with Crippen molar-refractivity contribution in [1.82, 2.24) is 24.4 Å². The molecular weight excluding hydrogens is 862 g/mol. The first-order valence-corrected chi connectivity index (χ1v) is 26.7. The Morgan fingerprint density at radius 1 is 0.632 bits per heavy atom. The molecule has 0 radical (unpaired) electrons. The van der Waals surface area contributed by atoms with E-state index in [1.807, 2.05) is 86.1 Å². The minimum Gasteiger partial charge on any atom is -0.489 e. The van der Waals surface area contributed by atoms with Crippen molar-refractivity contribution in [3.05, 3.63) is 168 Å². The molecular formula is C58H66N5O4P. The van der Waals surface area contributed by atoms with Crippen molar-refractivity contribution < 1.29 is 18.8 Å². The lowest BCUT2D eigenvalue weighted by Gasteiger charge is -2.18. The number of rotatable bonds is 15. The normalized spacial score (nSPS) is 14.6. The largest absolute Gasteiger partial charge is 0.489 e. The molecule has 0 bridgehead atoms. The number of ketones is 1. The first kappa shape index (κ1) is 48.2. The summed E-state index contributed by atoms with van der Waals surface area (Å²) < 4.78 is 29.0. The van der Waals surface area contributed by atoms with Crippen LogP contribution in [0.4, 0.5) is 0 Å². The second-order valence-corrected chi connectivity index (χ2v) is 22.2. The molecule has 8 aromatic rings. The Morgan fingerprint density at radius 2 is 1.07 bits per heavy atom. The molecule has 10 heteroatoms. The molecule has 1 unspecified atom stereocenters. The summed E-state index contributed by atoms with van der Waals surface area (Å²) in [7, 11) is -2.11. The average Bonchev–Trinajstić information content (AvgIpc) is 4.20. The molecule has 352 valence electrons. The maximum atomic E-state index is 12.2. The van der Waals surface area contributed by atoms with Crippen LogP contribution in [0.1, 0.15) is 118 Å². The highest BCUT2D eigenvalue weighted by Crippen LogP contribution is 2.40. The van der Waals surface area contributed by atoms with E-state index in [9.17, 15) is 9.36 Å². The van der Waals surface area contributed by atoms with Crippen molar-refractivity contribution in [2.45, 2.75) is 104 Å². The lowest BCUT2D eigenvalue weighted by Crippen LogP contribution is -2.19. The smallest absolute Gasteiger partial charge is 0.159 e. The Morgan fingerprint density at radius 3 is 1.51 bits per heavy atom. The van der Waals surface area contributed by atoms with Crippen molar-refractivity contribution in [3.8, 4) is 34.3 Å². The van der Waals surface area contributed by atoms with Gasteiger partial charge in [0.05, 0.1) is 29.2 Å². The summed E-state index contributed by atoms with van der Waals surface area (Å²) in [5.74, 6) is 3.76. The number of nitrogens with one attached hydrogen (secondary N) is 1. The van der Waals surface area contributed by atoms with Gasteiger partial charge < -0.3 is 28.5 Å². The summed E-state index contributed by atoms with van der Waals surface area (Å²) in [4.78, 5) is 22.0. The lowest BCUT2D eigenvalue weighted by molar-refractivity contribution is 0.101. The van der Waals surface area contributed by atoms with Gasteiger partial charge in [-0.1, -0.05) is 99.8 Å². The van der Waals surface area contributed by atoms with E-state index in [-0.39, 0.29) is 19.3 Å². The number of ether oxygens (including phenoxy) is 2. The number of aromatic nitrogens is 4. The second kappa shape index (κ2) is 21.8. The number of Topliss-reactive ketones (excluding diaryl/α,β-unsaturated/α-hetero) is 1. The average molecular weight is 928 g/mol. The van der Waals surface area contributed by atoms with Gasteiger partial charge in [-0.25, -0.2) is 9.97 Å². The SMILES string of the molecule is C.CC(=O)c1ccc2c(c1)nc(-c1ccc(OCc3ccccc3)cc1)n2C1CCCC1.CC(NCP(C)(C)=O)c1ccc2c(c1)nc(-c1ccc(OCc3ccccc3)cc1)n2C1CCCC1. The van der Waals surface area contributed by atoms with E-state index < -0.39 is 7.14 Å². The quantitative estimate of drug-likeness (QED) is 0.0807. The summed E-state index contributed by atoms with van der Waals surface area (Å²) in [5, 5.41) is 3.43. The van der Waals surface area contributed by atoms with Crippen LogP contribution in [0, 0.1) is 0 Å². The fraction of sp³-hybridized carbons (Fsp3) is 0.328. The van der Waals surface area contributed by atoms with E-state index in [0.717, 1.165) is 62.0 Å². The van der Waals surface area contributed by atoms with Crippen LogP contribution >= 0.6 is 7.14 Å². The van der Waals surface area contributed by atoms with Crippen molar-refractivity contribution in [3.63, 3.8) is 0 Å². The van der Waals surface area contributed by atoms with E-state index in [0.29, 0.717) is 37.1 Å². The molecule has 2 aliphatic rings. The van der Waals surface area contributed by atoms with Crippen LogP contribution < -0.4 is 14.8 Å². The van der Waals surface area contributed by atoms with Crippen LogP contribution in [0.15, 0.2) is 146 Å². The Hall–Kier alpha value is -6.28. The molecule has 2 heterocycles. The number of hydrogen-bond donors (Lipinski definition) is 1. The predicted molar refractivity (Wildman–Crippen MR) is 280 cm³/mol. The van der Waals surface area contributed by atoms with Crippen LogP contribution in [0.3, 0.4) is 0 Å². The summed E-state index contributed by atoms with van der Waals surface area (Å²) in [6.45, 7) is 8.48. The molecule has 0 amide bonds. The van der Waals surface area contributed by atoms with Gasteiger partial charge in [-0.3, -0.25) is 4.79 Å². The fourth-order valence-electron chi connectivity index (χ4n) is 9.53. The van der Waals surface area contributed by atoms with Gasteiger partial charge in [-0.15, -0.1) is 0 Å². The van der Waals surface area contributed by atoms with Crippen LogP contribution in [-0.4, -0.2) is 44.5 Å². The number of carbonyl (C=O) groups excluding carboxylic acids is 1. The first-order valence-electron chi connectivity index (χ1n) is 23.9. The highest BCUT2D eigenvalue weighted by molar-refractivity contribution is 7.62. The van der Waals surface area contributed by atoms with Crippen molar-refractivity contribution in [2.24, 2.45) is 0 Å². The molecule has 0 aliphatic heterocycles. The van der Waals surface area contributed by atoms with E-state index in [4.69, 9.17) is 19.4 Å². The molecule has 68 heavy (non-hydrogen) atoms. The predicted octanol–water partition coefficient (Wildman–Crippen LogP) is 14.9. The molecule has 2 saturated carbocycles. The topological polar surface area (TPSA) is 100 Å². The van der Waals surface area contributed by atoms with Gasteiger partial charge in [0.15, 0.2) is 5.78 Å². The zero-order chi connectivity index (χ0) is 46.3. The number of fused-ring (bicyclic) bond motifs is 2. The standard InChI is InChI=1S/C30H36N3O2P.C27H26N2O2.CH4/c1-22(31-21-36(2,3)34)25-15-18-29-28(19-25)32-30(33(29)26-11-7-8-12-26)24-13-16-27(17-14-24)35-20-23-9-5-4-6-10-23;1-19(30)22-13-16-26-25(17-22)28-27(29(26)23-9-5-6-10-23)21-11-14-24(15-12-21)31-18-20-7-3-2-4-8-20;/h4-6,9-10,13-19,22,26,31H,7-8,11-12,20-21H2,1-3H3;2-4,7-8,11-17,23H,5-6,9-10,18H2,1H3;1H4. The summed E-state index contributed by atoms with van der Waals surface area (Å²) >= 11 is 0. The summed E-state index contributed by atoms with van der Waals surface area (Å²) in [6, 6.07) is 50.5. The molecule has 2 aromatic heterocycles. The number of imidazole rings is 2. The highest BCUT2D eigenvalue weighted by atomic mass is 31.2. The van der Waals surface area contributed by atoms with Crippen LogP contribution in [0.25, 0.3) is 44.8 Å². The minimum absolute atomic E-state index is 0. The Labute approximate surface area is 402 Å². The highest BCUT2D eigenvalue weighted by Gasteiger charge is 2.26. The number of benzene rings is 6. The van der Waals surface area contributed by atoms with Crippen molar-refractivity contribution >= 4 is 35.0 Å². The van der Waals surface area contributed by atoms with Crippen LogP contribution in [-0.2, 0) is 17.8 Å². The lowest BCUT2D eigenvalue weighted by atomic mass is 10.1. The molecule has 2 aliphatic carbocycles. The third kappa shape index (κ3) is 11.5. The second-order valence-electron chi connectivity index (χ2n) is 18.8. The van der Waals surface area contributed by atoms with Crippen molar-refractivity contribution in [2.75, 3.05) is 19.6 Å². The summed E-state index contributed by atoms with van der Waals surface area (Å²) in [6.07, 6.45) is 10.3. The summed E-state index contributed by atoms with van der Waals surface area (Å²) in [5.41, 5.74) is 10.6. The zero-order valence-corrected chi connectivity index (χ0v) is 40.1. The van der Waals surface area contributed by atoms with Gasteiger partial charge in [-0.2, -0.15) is 0 Å². The monoisotopic (exact) mass is 927 g/mol. The van der Waals surface area contributed by atoms with E-state index in [2.05, 4.69) is 94.2 Å². The number of hydrogen-bond acceptors (Lipinski definition) is 7. The first-order chi connectivity index (χ1) is 32.6. The van der Waals surface area contributed by atoms with Gasteiger partial charge in [-0.05, 0) is 148 Å². The van der Waals surface area contributed by atoms with Gasteiger partial charge in [0, 0.05) is 41.1 Å². The zero-order valence-electron chi connectivity index (χ0n) is 39.2. The van der Waals surface area contributed by atoms with Crippen LogP contribution in [0.5, 0.6) is 11.5 Å². The molecule has 2 fully saturated rings. The van der Waals surface area contributed by atoms with Gasteiger partial charge in [0.2, 0.25) is 0 Å². The molecule has 6 aromatic carbocycles.